The molecule has 1 atom stereocenters. The van der Waals surface area contributed by atoms with Crippen LogP contribution in [0.15, 0.2) is 70.6 Å². The molecular weight excluding hydrogens is 703 g/mol. The molecule has 290 valence electrons. The van der Waals surface area contributed by atoms with Crippen molar-refractivity contribution in [1.29, 1.82) is 0 Å². The lowest BCUT2D eigenvalue weighted by molar-refractivity contribution is -0.146. The van der Waals surface area contributed by atoms with Gasteiger partial charge < -0.3 is 19.7 Å². The molecule has 0 saturated carbocycles. The number of morpholine rings is 1. The van der Waals surface area contributed by atoms with Crippen LogP contribution < -0.4 is 21.5 Å². The maximum atomic E-state index is 15.7. The summed E-state index contributed by atoms with van der Waals surface area (Å²) in [5.74, 6) is -2.08. The number of carbonyl (C=O) groups excluding carboxylic acids is 2. The number of nitrogens with one attached hydrogen (secondary N) is 1. The molecule has 3 aromatic heterocycles. The smallest absolute Gasteiger partial charge is 0.335 e. The molecule has 0 spiro atoms. The summed E-state index contributed by atoms with van der Waals surface area (Å²) in [4.78, 5) is 65.5. The lowest BCUT2D eigenvalue weighted by atomic mass is 9.99. The molecule has 0 unspecified atom stereocenters. The first-order chi connectivity index (χ1) is 26.7. The summed E-state index contributed by atoms with van der Waals surface area (Å²) in [7, 11) is 1.57. The molecule has 1 aliphatic rings. The minimum Gasteiger partial charge on any atom is -0.464 e. The van der Waals surface area contributed by atoms with E-state index >= 15 is 4.39 Å². The van der Waals surface area contributed by atoms with Crippen molar-refractivity contribution in [3.63, 3.8) is 0 Å². The molecule has 6 rings (SSSR count). The van der Waals surface area contributed by atoms with Crippen molar-refractivity contribution in [3.05, 3.63) is 104 Å². The van der Waals surface area contributed by atoms with Crippen LogP contribution in [0.3, 0.4) is 0 Å². The first-order valence-electron chi connectivity index (χ1n) is 19.2. The highest BCUT2D eigenvalue weighted by Gasteiger charge is 2.28. The van der Waals surface area contributed by atoms with E-state index in [1.54, 1.807) is 56.6 Å². The Hall–Kier alpha value is -5.43. The van der Waals surface area contributed by atoms with E-state index in [9.17, 15) is 19.2 Å². The van der Waals surface area contributed by atoms with Crippen LogP contribution in [0.2, 0.25) is 0 Å². The lowest BCUT2D eigenvalue weighted by Gasteiger charge is -2.29. The molecule has 12 nitrogen and oxygen atoms in total. The number of benzene rings is 2. The molecule has 1 saturated heterocycles. The lowest BCUT2D eigenvalue weighted by Crippen LogP contribution is -2.44. The molecule has 5 aromatic rings. The molecular formula is C42H49FN6O6. The summed E-state index contributed by atoms with van der Waals surface area (Å²) in [6, 6.07) is 10.3. The first-order valence-corrected chi connectivity index (χ1v) is 19.2. The Kier molecular flexibility index (Phi) is 13.0. The van der Waals surface area contributed by atoms with Gasteiger partial charge in [-0.25, -0.2) is 18.5 Å². The van der Waals surface area contributed by atoms with Gasteiger partial charge in [0, 0.05) is 50.0 Å². The monoisotopic (exact) mass is 752 g/mol. The third-order valence-corrected chi connectivity index (χ3v) is 10.3. The van der Waals surface area contributed by atoms with E-state index in [1.807, 2.05) is 4.90 Å². The Bertz CT molecular complexity index is 2260. The molecule has 1 aliphatic heterocycles. The number of hydrogen-bond donors (Lipinski definition) is 1. The van der Waals surface area contributed by atoms with Gasteiger partial charge in [-0.3, -0.25) is 24.1 Å². The summed E-state index contributed by atoms with van der Waals surface area (Å²) in [6.07, 6.45) is 13.1. The Labute approximate surface area is 319 Å². The second-order valence-electron chi connectivity index (χ2n) is 14.1. The maximum Gasteiger partial charge on any atom is 0.335 e. The van der Waals surface area contributed by atoms with Crippen molar-refractivity contribution in [3.8, 4) is 5.69 Å². The largest absolute Gasteiger partial charge is 0.464 e. The summed E-state index contributed by atoms with van der Waals surface area (Å²) >= 11 is 0. The number of fused-ring (bicyclic) bond motifs is 2. The molecule has 13 heteroatoms. The van der Waals surface area contributed by atoms with E-state index in [4.69, 9.17) is 9.47 Å². The highest BCUT2D eigenvalue weighted by Crippen LogP contribution is 2.26. The molecule has 1 fully saturated rings. The summed E-state index contributed by atoms with van der Waals surface area (Å²) < 4.78 is 29.3. The van der Waals surface area contributed by atoms with Crippen LogP contribution in [0.25, 0.3) is 27.5 Å². The van der Waals surface area contributed by atoms with Crippen LogP contribution in [0.4, 0.5) is 10.1 Å². The van der Waals surface area contributed by atoms with Crippen molar-refractivity contribution < 1.29 is 23.5 Å². The molecule has 4 heterocycles. The van der Waals surface area contributed by atoms with Gasteiger partial charge in [-0.1, -0.05) is 64.0 Å². The number of rotatable bonds is 16. The average Bonchev–Trinajstić information content (AvgIpc) is 3.19. The Morgan fingerprint density at radius 3 is 2.45 bits per heavy atom. The van der Waals surface area contributed by atoms with Crippen molar-refractivity contribution in [2.45, 2.75) is 77.7 Å². The summed E-state index contributed by atoms with van der Waals surface area (Å²) in [5, 5.41) is 3.66. The van der Waals surface area contributed by atoms with E-state index in [2.05, 4.69) is 22.2 Å². The van der Waals surface area contributed by atoms with Gasteiger partial charge >= 0.3 is 11.7 Å². The van der Waals surface area contributed by atoms with Crippen molar-refractivity contribution in [2.24, 2.45) is 7.05 Å². The number of esters is 1. The number of anilines is 1. The van der Waals surface area contributed by atoms with E-state index in [1.165, 1.54) is 48.7 Å². The predicted octanol–water partition coefficient (Wildman–Crippen LogP) is 5.94. The number of halogens is 1. The molecule has 1 amide bonds. The van der Waals surface area contributed by atoms with Crippen molar-refractivity contribution in [1.82, 2.24) is 24.4 Å². The third-order valence-electron chi connectivity index (χ3n) is 10.3. The van der Waals surface area contributed by atoms with Crippen LogP contribution in [-0.2, 0) is 27.7 Å². The van der Waals surface area contributed by atoms with Gasteiger partial charge in [0.05, 0.1) is 53.7 Å². The molecule has 0 bridgehead atoms. The van der Waals surface area contributed by atoms with Crippen molar-refractivity contribution in [2.75, 3.05) is 37.8 Å². The first kappa shape index (κ1) is 39.3. The third kappa shape index (κ3) is 8.94. The standard InChI is InChI=1S/C42H49FN6O6/c1-4-5-6-7-8-9-10-11-21-55-41(52)34(46-39(50)37-28(2)24-30(26-33(37)43)48-19-22-54-23-20-48)25-29-14-15-35(38-31(29)13-12-17-45-38)49-40(51)32-16-18-44-27-36(32)47(3)42(49)53/h12-18,24,26-27,34H,4-11,19-23,25H2,1-3H3,(H,46,50)/t34-/m0/s1. The fourth-order valence-electron chi connectivity index (χ4n) is 7.25. The fourth-order valence-corrected chi connectivity index (χ4v) is 7.25. The second kappa shape index (κ2) is 18.3. The minimum atomic E-state index is -1.18. The minimum absolute atomic E-state index is 0.0205. The SMILES string of the molecule is CCCCCCCCCCOC(=O)[C@H](Cc1ccc(-n2c(=O)c3ccncc3n(C)c2=O)c2ncccc12)NC(=O)c1c(C)cc(N2CCOCC2)cc1F. The summed E-state index contributed by atoms with van der Waals surface area (Å²) in [6.45, 7) is 6.33. The van der Waals surface area contributed by atoms with Gasteiger partial charge in [-0.15, -0.1) is 0 Å². The van der Waals surface area contributed by atoms with Gasteiger partial charge in [-0.05, 0) is 54.8 Å². The molecule has 1 N–H and O–H groups in total. The summed E-state index contributed by atoms with van der Waals surface area (Å²) in [5.41, 5.74) is 1.47. The number of aryl methyl sites for hydroxylation is 2. The fraction of sp³-hybridized carbons (Fsp3) is 0.429. The van der Waals surface area contributed by atoms with Crippen LogP contribution in [-0.4, -0.2) is 69.9 Å². The zero-order chi connectivity index (χ0) is 38.9. The zero-order valence-corrected chi connectivity index (χ0v) is 31.8. The van der Waals surface area contributed by atoms with Gasteiger partial charge in [0.1, 0.15) is 11.9 Å². The van der Waals surface area contributed by atoms with Crippen LogP contribution in [0.1, 0.15) is 79.8 Å². The Balaban J connectivity index is 1.28. The molecule has 2 aromatic carbocycles. The van der Waals surface area contributed by atoms with Crippen molar-refractivity contribution >= 4 is 39.4 Å². The Morgan fingerprint density at radius 2 is 1.71 bits per heavy atom. The molecule has 0 radical (unpaired) electrons. The average molecular weight is 753 g/mol. The number of pyridine rings is 2. The van der Waals surface area contributed by atoms with E-state index in [-0.39, 0.29) is 24.3 Å². The van der Waals surface area contributed by atoms with Gasteiger partial charge in [0.2, 0.25) is 0 Å². The number of unbranched alkanes of at least 4 members (excludes halogenated alkanes) is 7. The van der Waals surface area contributed by atoms with E-state index in [0.29, 0.717) is 71.3 Å². The number of carbonyl (C=O) groups is 2. The van der Waals surface area contributed by atoms with Gasteiger partial charge in [0.25, 0.3) is 11.5 Å². The second-order valence-corrected chi connectivity index (χ2v) is 14.1. The van der Waals surface area contributed by atoms with Crippen LogP contribution in [0, 0.1) is 12.7 Å². The highest BCUT2D eigenvalue weighted by atomic mass is 19.1. The van der Waals surface area contributed by atoms with Gasteiger partial charge in [-0.2, -0.15) is 0 Å². The molecule has 55 heavy (non-hydrogen) atoms. The van der Waals surface area contributed by atoms with E-state index in [0.717, 1.165) is 23.8 Å². The predicted molar refractivity (Wildman–Crippen MR) is 211 cm³/mol. The number of ether oxygens (including phenoxy) is 2. The number of nitrogens with zero attached hydrogens (tertiary/aromatic N) is 5. The van der Waals surface area contributed by atoms with Gasteiger partial charge in [0.15, 0.2) is 0 Å². The number of amides is 1. The molecule has 0 aliphatic carbocycles. The zero-order valence-electron chi connectivity index (χ0n) is 31.8. The number of hydrogen-bond acceptors (Lipinski definition) is 9. The topological polar surface area (TPSA) is 138 Å². The number of aromatic nitrogens is 4. The quantitative estimate of drug-likeness (QED) is 0.0959. The highest BCUT2D eigenvalue weighted by molar-refractivity contribution is 5.99. The normalized spacial score (nSPS) is 13.6. The maximum absolute atomic E-state index is 15.7. The van der Waals surface area contributed by atoms with E-state index < -0.39 is 35.0 Å². The van der Waals surface area contributed by atoms with Crippen LogP contribution >= 0.6 is 0 Å². The van der Waals surface area contributed by atoms with Crippen LogP contribution in [0.5, 0.6) is 0 Å². The Morgan fingerprint density at radius 1 is 0.964 bits per heavy atom.